The zero-order valence-corrected chi connectivity index (χ0v) is 18.7. The van der Waals surface area contributed by atoms with Gasteiger partial charge in [-0.3, -0.25) is 25.2 Å². The highest BCUT2D eigenvalue weighted by Crippen LogP contribution is 2.24. The molecule has 0 aliphatic carbocycles. The quantitative estimate of drug-likeness (QED) is 0.355. The molecule has 0 bridgehead atoms. The molecular formula is C22H17Cl2N3O4S. The molecule has 0 unspecified atom stereocenters. The molecule has 0 aromatic heterocycles. The summed E-state index contributed by atoms with van der Waals surface area (Å²) in [5, 5.41) is 0.775. The van der Waals surface area contributed by atoms with Gasteiger partial charge in [-0.25, -0.2) is 8.42 Å². The molecular weight excluding hydrogens is 473 g/mol. The van der Waals surface area contributed by atoms with Gasteiger partial charge in [0.2, 0.25) is 0 Å². The minimum atomic E-state index is -3.82. The number of amides is 2. The number of sulfonamides is 1. The first-order valence-corrected chi connectivity index (χ1v) is 11.4. The summed E-state index contributed by atoms with van der Waals surface area (Å²) in [5.74, 6) is -1.06. The molecule has 32 heavy (non-hydrogen) atoms. The van der Waals surface area contributed by atoms with Gasteiger partial charge in [0, 0.05) is 16.7 Å². The minimum absolute atomic E-state index is 0.0363. The van der Waals surface area contributed by atoms with E-state index in [1.54, 1.807) is 36.4 Å². The first-order valence-electron chi connectivity index (χ1n) is 9.16. The third kappa shape index (κ3) is 6.34. The monoisotopic (exact) mass is 489 g/mol. The van der Waals surface area contributed by atoms with Gasteiger partial charge in [0.25, 0.3) is 21.8 Å². The van der Waals surface area contributed by atoms with Gasteiger partial charge in [-0.1, -0.05) is 47.5 Å². The normalized spacial score (nSPS) is 11.2. The first-order chi connectivity index (χ1) is 15.2. The van der Waals surface area contributed by atoms with Crippen molar-refractivity contribution in [3.8, 4) is 0 Å². The van der Waals surface area contributed by atoms with Crippen molar-refractivity contribution in [3.63, 3.8) is 0 Å². The maximum Gasteiger partial charge on any atom is 0.269 e. The lowest BCUT2D eigenvalue weighted by Gasteiger charge is -2.09. The molecule has 10 heteroatoms. The minimum Gasteiger partial charge on any atom is -0.278 e. The van der Waals surface area contributed by atoms with Crippen LogP contribution in [-0.2, 0) is 14.8 Å². The highest BCUT2D eigenvalue weighted by Gasteiger charge is 2.15. The van der Waals surface area contributed by atoms with E-state index in [0.29, 0.717) is 16.1 Å². The van der Waals surface area contributed by atoms with Crippen LogP contribution in [0.2, 0.25) is 10.0 Å². The number of benzene rings is 3. The van der Waals surface area contributed by atoms with Gasteiger partial charge >= 0.3 is 0 Å². The zero-order valence-electron chi connectivity index (χ0n) is 16.4. The SMILES string of the molecule is O=C(/C=C/c1ccc(S(=O)(=O)Nc2ccccc2Cl)cc1)NNC(=O)c1ccc(Cl)cc1. The summed E-state index contributed by atoms with van der Waals surface area (Å²) in [4.78, 5) is 23.9. The molecule has 0 aliphatic rings. The molecule has 0 radical (unpaired) electrons. The predicted molar refractivity (Wildman–Crippen MR) is 125 cm³/mol. The smallest absolute Gasteiger partial charge is 0.269 e. The van der Waals surface area contributed by atoms with Crippen LogP contribution >= 0.6 is 23.2 Å². The van der Waals surface area contributed by atoms with Crippen molar-refractivity contribution in [3.05, 3.63) is 100 Å². The Morgan fingerprint density at radius 2 is 1.47 bits per heavy atom. The van der Waals surface area contributed by atoms with Crippen molar-refractivity contribution in [1.82, 2.24) is 10.9 Å². The number of rotatable bonds is 6. The lowest BCUT2D eigenvalue weighted by atomic mass is 10.2. The molecule has 3 rings (SSSR count). The van der Waals surface area contributed by atoms with E-state index >= 15 is 0 Å². The zero-order chi connectivity index (χ0) is 23.1. The Balaban J connectivity index is 1.57. The maximum atomic E-state index is 12.5. The van der Waals surface area contributed by atoms with Crippen LogP contribution in [0.25, 0.3) is 6.08 Å². The van der Waals surface area contributed by atoms with Crippen LogP contribution in [0.1, 0.15) is 15.9 Å². The molecule has 0 spiro atoms. The van der Waals surface area contributed by atoms with Crippen LogP contribution in [0.3, 0.4) is 0 Å². The topological polar surface area (TPSA) is 104 Å². The van der Waals surface area contributed by atoms with E-state index in [1.807, 2.05) is 0 Å². The van der Waals surface area contributed by atoms with Crippen LogP contribution in [0.4, 0.5) is 5.69 Å². The van der Waals surface area contributed by atoms with E-state index in [4.69, 9.17) is 23.2 Å². The molecule has 0 fully saturated rings. The molecule has 2 amide bonds. The maximum absolute atomic E-state index is 12.5. The molecule has 0 aliphatic heterocycles. The first kappa shape index (κ1) is 23.3. The molecule has 3 aromatic carbocycles. The Hall–Kier alpha value is -3.33. The summed E-state index contributed by atoms with van der Waals surface area (Å²) in [6.07, 6.45) is 2.68. The summed E-state index contributed by atoms with van der Waals surface area (Å²) in [6, 6.07) is 18.6. The fraction of sp³-hybridized carbons (Fsp3) is 0. The average molecular weight is 490 g/mol. The van der Waals surface area contributed by atoms with E-state index < -0.39 is 21.8 Å². The molecule has 3 N–H and O–H groups in total. The lowest BCUT2D eigenvalue weighted by Crippen LogP contribution is -2.40. The lowest BCUT2D eigenvalue weighted by molar-refractivity contribution is -0.117. The van der Waals surface area contributed by atoms with Crippen LogP contribution < -0.4 is 15.6 Å². The Morgan fingerprint density at radius 3 is 2.12 bits per heavy atom. The summed E-state index contributed by atoms with van der Waals surface area (Å²) >= 11 is 11.8. The van der Waals surface area contributed by atoms with Crippen LogP contribution in [0, 0.1) is 0 Å². The fourth-order valence-electron chi connectivity index (χ4n) is 2.51. The van der Waals surface area contributed by atoms with E-state index in [2.05, 4.69) is 15.6 Å². The van der Waals surface area contributed by atoms with Gasteiger partial charge in [-0.05, 0) is 60.2 Å². The van der Waals surface area contributed by atoms with Gasteiger partial charge in [0.1, 0.15) is 0 Å². The van der Waals surface area contributed by atoms with Crippen molar-refractivity contribution in [2.24, 2.45) is 0 Å². The highest BCUT2D eigenvalue weighted by atomic mass is 35.5. The third-order valence-corrected chi connectivity index (χ3v) is 6.10. The number of halogens is 2. The molecule has 0 heterocycles. The number of hydrogen-bond donors (Lipinski definition) is 3. The van der Waals surface area contributed by atoms with E-state index in [1.165, 1.54) is 48.6 Å². The summed E-state index contributed by atoms with van der Waals surface area (Å²) in [6.45, 7) is 0. The van der Waals surface area contributed by atoms with Crippen molar-refractivity contribution < 1.29 is 18.0 Å². The number of carbonyl (C=O) groups excluding carboxylic acids is 2. The Labute approximate surface area is 195 Å². The second-order valence-corrected chi connectivity index (χ2v) is 8.96. The van der Waals surface area contributed by atoms with E-state index in [-0.39, 0.29) is 15.6 Å². The summed E-state index contributed by atoms with van der Waals surface area (Å²) in [5.41, 5.74) is 5.73. The van der Waals surface area contributed by atoms with E-state index in [9.17, 15) is 18.0 Å². The van der Waals surface area contributed by atoms with Crippen LogP contribution in [0.5, 0.6) is 0 Å². The van der Waals surface area contributed by atoms with Gasteiger partial charge in [-0.15, -0.1) is 0 Å². The van der Waals surface area contributed by atoms with Gasteiger partial charge in [0.05, 0.1) is 15.6 Å². The molecule has 0 saturated heterocycles. The van der Waals surface area contributed by atoms with Gasteiger partial charge in [-0.2, -0.15) is 0 Å². The third-order valence-electron chi connectivity index (χ3n) is 4.14. The second-order valence-electron chi connectivity index (χ2n) is 6.44. The van der Waals surface area contributed by atoms with Crippen LogP contribution in [-0.4, -0.2) is 20.2 Å². The molecule has 3 aromatic rings. The van der Waals surface area contributed by atoms with Crippen molar-refractivity contribution in [2.75, 3.05) is 4.72 Å². The number of carbonyl (C=O) groups is 2. The average Bonchev–Trinajstić information content (AvgIpc) is 2.78. The van der Waals surface area contributed by atoms with Crippen LogP contribution in [0.15, 0.2) is 83.8 Å². The van der Waals surface area contributed by atoms with Crippen molar-refractivity contribution >= 4 is 56.8 Å². The molecule has 164 valence electrons. The molecule has 7 nitrogen and oxygen atoms in total. The summed E-state index contributed by atoms with van der Waals surface area (Å²) < 4.78 is 27.5. The second kappa shape index (κ2) is 10.3. The highest BCUT2D eigenvalue weighted by molar-refractivity contribution is 7.92. The number of nitrogens with one attached hydrogen (secondary N) is 3. The molecule has 0 atom stereocenters. The summed E-state index contributed by atoms with van der Waals surface area (Å²) in [7, 11) is -3.82. The van der Waals surface area contributed by atoms with E-state index in [0.717, 1.165) is 0 Å². The standard InChI is InChI=1S/C22H17Cl2N3O4S/c23-17-10-8-16(9-11-17)22(29)26-25-21(28)14-7-15-5-12-18(13-6-15)32(30,31)27-20-4-2-1-3-19(20)24/h1-14,27H,(H,25,28)(H,26,29)/b14-7+. The fourth-order valence-corrected chi connectivity index (χ4v) is 3.96. The Bertz CT molecular complexity index is 1260. The number of hydrazine groups is 1. The Kier molecular flexibility index (Phi) is 7.53. The van der Waals surface area contributed by atoms with Crippen molar-refractivity contribution in [1.29, 1.82) is 0 Å². The molecule has 0 saturated carbocycles. The number of hydrogen-bond acceptors (Lipinski definition) is 4. The van der Waals surface area contributed by atoms with Gasteiger partial charge in [0.15, 0.2) is 0 Å². The van der Waals surface area contributed by atoms with Gasteiger partial charge < -0.3 is 0 Å². The number of para-hydroxylation sites is 1. The number of anilines is 1. The largest absolute Gasteiger partial charge is 0.278 e. The van der Waals surface area contributed by atoms with Crippen molar-refractivity contribution in [2.45, 2.75) is 4.90 Å². The predicted octanol–water partition coefficient (Wildman–Crippen LogP) is 4.27. The Morgan fingerprint density at radius 1 is 0.812 bits per heavy atom.